The third kappa shape index (κ3) is 4.44. The Bertz CT molecular complexity index is 305. The summed E-state index contributed by atoms with van der Waals surface area (Å²) in [6.07, 6.45) is 3.91. The molecular formula is C17H34N2O. The number of likely N-dealkylation sites (tertiary alicyclic amines) is 1. The number of hydrogen-bond donors (Lipinski definition) is 1. The lowest BCUT2D eigenvalue weighted by atomic mass is 9.83. The predicted octanol–water partition coefficient (Wildman–Crippen LogP) is 2.90. The van der Waals surface area contributed by atoms with E-state index in [0.29, 0.717) is 5.41 Å². The van der Waals surface area contributed by atoms with Crippen LogP contribution in [0, 0.1) is 11.3 Å². The van der Waals surface area contributed by atoms with Crippen LogP contribution in [0.4, 0.5) is 0 Å². The van der Waals surface area contributed by atoms with Gasteiger partial charge in [0, 0.05) is 36.7 Å². The summed E-state index contributed by atoms with van der Waals surface area (Å²) in [5.74, 6) is 0.893. The second-order valence-electron chi connectivity index (χ2n) is 8.36. The van der Waals surface area contributed by atoms with Gasteiger partial charge in [-0.15, -0.1) is 0 Å². The van der Waals surface area contributed by atoms with Gasteiger partial charge in [-0.25, -0.2) is 0 Å². The molecule has 2 heterocycles. The number of rotatable bonds is 4. The maximum Gasteiger partial charge on any atom is 0.0547 e. The van der Waals surface area contributed by atoms with Crippen LogP contribution in [0.15, 0.2) is 0 Å². The molecule has 0 amide bonds. The quantitative estimate of drug-likeness (QED) is 0.858. The van der Waals surface area contributed by atoms with Gasteiger partial charge in [-0.2, -0.15) is 0 Å². The normalized spacial score (nSPS) is 36.5. The Morgan fingerprint density at radius 2 is 2.05 bits per heavy atom. The maximum absolute atomic E-state index is 5.76. The molecule has 0 spiro atoms. The maximum atomic E-state index is 5.76. The van der Waals surface area contributed by atoms with Crippen LogP contribution in [-0.4, -0.2) is 49.3 Å². The topological polar surface area (TPSA) is 24.5 Å². The molecule has 2 saturated heterocycles. The molecule has 0 radical (unpaired) electrons. The van der Waals surface area contributed by atoms with Crippen LogP contribution in [0.2, 0.25) is 0 Å². The highest BCUT2D eigenvalue weighted by Crippen LogP contribution is 2.33. The Balaban J connectivity index is 1.95. The van der Waals surface area contributed by atoms with E-state index >= 15 is 0 Å². The summed E-state index contributed by atoms with van der Waals surface area (Å²) in [7, 11) is 0. The zero-order chi connectivity index (χ0) is 14.8. The lowest BCUT2D eigenvalue weighted by Gasteiger charge is -2.42. The van der Waals surface area contributed by atoms with Crippen molar-refractivity contribution in [1.29, 1.82) is 0 Å². The van der Waals surface area contributed by atoms with Gasteiger partial charge in [-0.3, -0.25) is 4.90 Å². The Hall–Kier alpha value is -0.120. The van der Waals surface area contributed by atoms with Gasteiger partial charge in [0.1, 0.15) is 0 Å². The third-order valence-electron chi connectivity index (χ3n) is 4.99. The Kier molecular flexibility index (Phi) is 5.14. The molecule has 0 aromatic heterocycles. The van der Waals surface area contributed by atoms with Crippen molar-refractivity contribution in [2.45, 2.75) is 65.5 Å². The molecule has 2 rings (SSSR count). The molecule has 3 unspecified atom stereocenters. The molecular weight excluding hydrogens is 248 g/mol. The van der Waals surface area contributed by atoms with E-state index in [1.165, 1.54) is 32.4 Å². The van der Waals surface area contributed by atoms with E-state index in [4.69, 9.17) is 4.74 Å². The predicted molar refractivity (Wildman–Crippen MR) is 85.1 cm³/mol. The van der Waals surface area contributed by atoms with Crippen molar-refractivity contribution >= 4 is 0 Å². The van der Waals surface area contributed by atoms with Gasteiger partial charge in [-0.1, -0.05) is 6.92 Å². The van der Waals surface area contributed by atoms with Gasteiger partial charge < -0.3 is 10.1 Å². The van der Waals surface area contributed by atoms with Crippen molar-refractivity contribution in [3.05, 3.63) is 0 Å². The minimum atomic E-state index is 0.192. The first-order chi connectivity index (χ1) is 9.30. The zero-order valence-corrected chi connectivity index (χ0v) is 14.2. The molecule has 0 saturated carbocycles. The van der Waals surface area contributed by atoms with Crippen molar-refractivity contribution in [2.75, 3.05) is 32.8 Å². The molecule has 0 bridgehead atoms. The minimum Gasteiger partial charge on any atom is -0.381 e. The minimum absolute atomic E-state index is 0.192. The lowest BCUT2D eigenvalue weighted by molar-refractivity contribution is 0.0557. The van der Waals surface area contributed by atoms with Gasteiger partial charge >= 0.3 is 0 Å². The first kappa shape index (κ1) is 16.3. The van der Waals surface area contributed by atoms with E-state index in [-0.39, 0.29) is 5.54 Å². The number of piperidine rings is 1. The van der Waals surface area contributed by atoms with Crippen LogP contribution in [0.5, 0.6) is 0 Å². The van der Waals surface area contributed by atoms with E-state index in [9.17, 15) is 0 Å². The fourth-order valence-electron chi connectivity index (χ4n) is 3.54. The van der Waals surface area contributed by atoms with Crippen LogP contribution in [0.3, 0.4) is 0 Å². The molecule has 3 nitrogen and oxygen atoms in total. The largest absolute Gasteiger partial charge is 0.381 e. The second-order valence-corrected chi connectivity index (χ2v) is 8.36. The van der Waals surface area contributed by atoms with Crippen LogP contribution in [-0.2, 0) is 4.74 Å². The van der Waals surface area contributed by atoms with Crippen molar-refractivity contribution in [3.63, 3.8) is 0 Å². The van der Waals surface area contributed by atoms with E-state index in [1.807, 2.05) is 0 Å². The summed E-state index contributed by atoms with van der Waals surface area (Å²) in [5, 5.41) is 3.71. The third-order valence-corrected chi connectivity index (χ3v) is 4.99. The summed E-state index contributed by atoms with van der Waals surface area (Å²) in [6, 6.07) is 0.728. The number of nitrogens with zero attached hydrogens (tertiary/aromatic N) is 1. The Morgan fingerprint density at radius 1 is 1.30 bits per heavy atom. The molecule has 0 aromatic rings. The van der Waals surface area contributed by atoms with Crippen molar-refractivity contribution in [2.24, 2.45) is 11.3 Å². The van der Waals surface area contributed by atoms with Crippen LogP contribution in [0.1, 0.15) is 53.9 Å². The van der Waals surface area contributed by atoms with E-state index < -0.39 is 0 Å². The fraction of sp³-hybridized carbons (Fsp3) is 1.00. The summed E-state index contributed by atoms with van der Waals surface area (Å²) >= 11 is 0. The highest BCUT2D eigenvalue weighted by Gasteiger charge is 2.39. The zero-order valence-electron chi connectivity index (χ0n) is 14.2. The average molecular weight is 282 g/mol. The molecule has 0 aromatic carbocycles. The standard InChI is InChI=1S/C17H34N2O/c1-14-6-8-19(15(2)10-14)12-17(7-9-20-13-17)11-18-16(3,4)5/h14-15,18H,6-13H2,1-5H3. The highest BCUT2D eigenvalue weighted by atomic mass is 16.5. The molecule has 1 N–H and O–H groups in total. The van der Waals surface area contributed by atoms with Gasteiger partial charge in [0.05, 0.1) is 6.61 Å². The number of hydrogen-bond acceptors (Lipinski definition) is 3. The molecule has 2 aliphatic heterocycles. The van der Waals surface area contributed by atoms with E-state index in [1.54, 1.807) is 0 Å². The molecule has 3 atom stereocenters. The second kappa shape index (κ2) is 6.33. The SMILES string of the molecule is CC1CCN(CC2(CNC(C)(C)C)CCOC2)C(C)C1. The first-order valence-corrected chi connectivity index (χ1v) is 8.37. The van der Waals surface area contributed by atoms with Crippen molar-refractivity contribution < 1.29 is 4.74 Å². The summed E-state index contributed by atoms with van der Waals surface area (Å²) < 4.78 is 5.76. The summed E-state index contributed by atoms with van der Waals surface area (Å²) in [5.41, 5.74) is 0.514. The van der Waals surface area contributed by atoms with E-state index in [0.717, 1.165) is 31.7 Å². The monoisotopic (exact) mass is 282 g/mol. The molecule has 3 heteroatoms. The first-order valence-electron chi connectivity index (χ1n) is 8.37. The van der Waals surface area contributed by atoms with Crippen molar-refractivity contribution in [3.8, 4) is 0 Å². The average Bonchev–Trinajstić information content (AvgIpc) is 2.79. The summed E-state index contributed by atoms with van der Waals surface area (Å²) in [4.78, 5) is 2.71. The lowest BCUT2D eigenvalue weighted by Crippen LogP contribution is -2.52. The van der Waals surface area contributed by atoms with Gasteiger partial charge in [-0.05, 0) is 59.4 Å². The highest BCUT2D eigenvalue weighted by molar-refractivity contribution is 4.92. The van der Waals surface area contributed by atoms with E-state index in [2.05, 4.69) is 44.8 Å². The van der Waals surface area contributed by atoms with Gasteiger partial charge in [0.25, 0.3) is 0 Å². The van der Waals surface area contributed by atoms with Crippen LogP contribution < -0.4 is 5.32 Å². The van der Waals surface area contributed by atoms with Gasteiger partial charge in [0.2, 0.25) is 0 Å². The Morgan fingerprint density at radius 3 is 2.60 bits per heavy atom. The molecule has 20 heavy (non-hydrogen) atoms. The fourth-order valence-corrected chi connectivity index (χ4v) is 3.54. The van der Waals surface area contributed by atoms with Gasteiger partial charge in [0.15, 0.2) is 0 Å². The number of ether oxygens (including phenoxy) is 1. The van der Waals surface area contributed by atoms with Crippen molar-refractivity contribution in [1.82, 2.24) is 10.2 Å². The number of nitrogens with one attached hydrogen (secondary N) is 1. The smallest absolute Gasteiger partial charge is 0.0547 e. The molecule has 118 valence electrons. The Labute approximate surface area is 125 Å². The van der Waals surface area contributed by atoms with Crippen LogP contribution in [0.25, 0.3) is 0 Å². The van der Waals surface area contributed by atoms with Crippen LogP contribution >= 0.6 is 0 Å². The molecule has 0 aliphatic carbocycles. The molecule has 2 fully saturated rings. The molecule has 2 aliphatic rings. The summed E-state index contributed by atoms with van der Waals surface area (Å²) in [6.45, 7) is 16.9.